The van der Waals surface area contributed by atoms with Crippen molar-refractivity contribution in [3.8, 4) is 0 Å². The summed E-state index contributed by atoms with van der Waals surface area (Å²) >= 11 is 0. The van der Waals surface area contributed by atoms with Crippen LogP contribution < -0.4 is 4.72 Å². The van der Waals surface area contributed by atoms with Gasteiger partial charge in [-0.25, -0.2) is 17.5 Å². The molecule has 1 heterocycles. The highest BCUT2D eigenvalue weighted by molar-refractivity contribution is 7.90. The first-order valence-corrected chi connectivity index (χ1v) is 10.3. The highest BCUT2D eigenvalue weighted by atomic mass is 32.2. The molecule has 1 aromatic carbocycles. The molecule has 1 aliphatic rings. The minimum atomic E-state index is -3.30. The Morgan fingerprint density at radius 1 is 1.32 bits per heavy atom. The molecule has 0 bridgehead atoms. The van der Waals surface area contributed by atoms with E-state index in [-0.39, 0.29) is 16.5 Å². The fourth-order valence-electron chi connectivity index (χ4n) is 3.21. The predicted octanol–water partition coefficient (Wildman–Crippen LogP) is 4.28. The van der Waals surface area contributed by atoms with E-state index < -0.39 is 16.1 Å². The topological polar surface area (TPSA) is 51.1 Å². The monoisotopic (exact) mass is 366 g/mol. The Bertz CT molecular complexity index is 906. The third-order valence-corrected chi connectivity index (χ3v) is 6.64. The van der Waals surface area contributed by atoms with E-state index in [0.717, 1.165) is 35.9 Å². The van der Waals surface area contributed by atoms with Crippen molar-refractivity contribution in [1.29, 1.82) is 0 Å². The van der Waals surface area contributed by atoms with Crippen LogP contribution in [0.3, 0.4) is 0 Å². The summed E-state index contributed by atoms with van der Waals surface area (Å²) in [7, 11) is -3.30. The van der Waals surface area contributed by atoms with Crippen LogP contribution in [-0.2, 0) is 16.6 Å². The fraction of sp³-hybridized carbons (Fsp3) is 0.579. The molecular formula is C19H27FN2O2S. The summed E-state index contributed by atoms with van der Waals surface area (Å²) in [5, 5.41) is 0.509. The van der Waals surface area contributed by atoms with Gasteiger partial charge in [0.15, 0.2) is 0 Å². The van der Waals surface area contributed by atoms with Gasteiger partial charge in [0.1, 0.15) is 5.82 Å². The summed E-state index contributed by atoms with van der Waals surface area (Å²) in [5.41, 5.74) is 2.42. The number of rotatable bonds is 5. The molecule has 0 aliphatic heterocycles. The van der Waals surface area contributed by atoms with Crippen molar-refractivity contribution in [2.24, 2.45) is 5.41 Å². The number of sulfonamides is 1. The zero-order valence-corrected chi connectivity index (χ0v) is 16.4. The molecular weight excluding hydrogens is 339 g/mol. The smallest absolute Gasteiger partial charge is 0.215 e. The number of hydrogen-bond donors (Lipinski definition) is 1. The van der Waals surface area contributed by atoms with Crippen LogP contribution in [-0.4, -0.2) is 18.2 Å². The molecule has 1 fully saturated rings. The third-order valence-electron chi connectivity index (χ3n) is 4.61. The molecule has 0 spiro atoms. The lowest BCUT2D eigenvalue weighted by atomic mass is 9.97. The van der Waals surface area contributed by atoms with Gasteiger partial charge in [0, 0.05) is 29.7 Å². The van der Waals surface area contributed by atoms with E-state index in [9.17, 15) is 12.8 Å². The maximum atomic E-state index is 14.2. The average molecular weight is 367 g/mol. The van der Waals surface area contributed by atoms with Crippen molar-refractivity contribution in [2.75, 3.05) is 0 Å². The van der Waals surface area contributed by atoms with Gasteiger partial charge in [-0.1, -0.05) is 20.8 Å². The minimum absolute atomic E-state index is 0.0578. The first-order valence-electron chi connectivity index (χ1n) is 8.78. The Kier molecular flexibility index (Phi) is 4.48. The van der Waals surface area contributed by atoms with Crippen molar-refractivity contribution < 1.29 is 12.8 Å². The van der Waals surface area contributed by atoms with Crippen LogP contribution >= 0.6 is 0 Å². The standard InChI is InChI=1S/C19H27FN2O2S/c1-12-8-18-15(9-17(12)20)16(10-22(18)11-19(3,4)5)13(2)21-25(23,24)14-6-7-14/h8-10,13-14,21H,6-7,11H2,1-5H3/t13-/m1/s1. The summed E-state index contributed by atoms with van der Waals surface area (Å²) < 4.78 is 43.6. The van der Waals surface area contributed by atoms with Gasteiger partial charge in [-0.05, 0) is 55.4 Å². The zero-order chi connectivity index (χ0) is 18.6. The van der Waals surface area contributed by atoms with Crippen LogP contribution in [0.4, 0.5) is 4.39 Å². The lowest BCUT2D eigenvalue weighted by Gasteiger charge is -2.20. The molecule has 0 radical (unpaired) electrons. The van der Waals surface area contributed by atoms with Crippen molar-refractivity contribution in [2.45, 2.75) is 65.3 Å². The summed E-state index contributed by atoms with van der Waals surface area (Å²) in [5.74, 6) is -0.264. The second-order valence-electron chi connectivity index (χ2n) is 8.48. The van der Waals surface area contributed by atoms with Gasteiger partial charge in [-0.2, -0.15) is 0 Å². The number of fused-ring (bicyclic) bond motifs is 1. The first kappa shape index (κ1) is 18.4. The fourth-order valence-corrected chi connectivity index (χ4v) is 4.78. The molecule has 3 rings (SSSR count). The molecule has 6 heteroatoms. The Labute approximate surface area is 149 Å². The summed E-state index contributed by atoms with van der Waals surface area (Å²) in [4.78, 5) is 0. The van der Waals surface area contributed by atoms with Gasteiger partial charge in [-0.3, -0.25) is 0 Å². The van der Waals surface area contributed by atoms with Gasteiger partial charge >= 0.3 is 0 Å². The van der Waals surface area contributed by atoms with E-state index in [4.69, 9.17) is 0 Å². The second-order valence-corrected chi connectivity index (χ2v) is 10.5. The van der Waals surface area contributed by atoms with Crippen LogP contribution in [0.15, 0.2) is 18.3 Å². The van der Waals surface area contributed by atoms with E-state index in [1.807, 2.05) is 19.2 Å². The summed E-state index contributed by atoms with van der Waals surface area (Å²) in [6.45, 7) is 10.8. The highest BCUT2D eigenvalue weighted by Gasteiger charge is 2.37. The lowest BCUT2D eigenvalue weighted by Crippen LogP contribution is -2.29. The van der Waals surface area contributed by atoms with E-state index in [0.29, 0.717) is 5.56 Å². The molecule has 1 saturated carbocycles. The van der Waals surface area contributed by atoms with Gasteiger partial charge in [0.2, 0.25) is 10.0 Å². The zero-order valence-electron chi connectivity index (χ0n) is 15.6. The Hall–Kier alpha value is -1.40. The molecule has 1 atom stereocenters. The maximum absolute atomic E-state index is 14.2. The number of nitrogens with one attached hydrogen (secondary N) is 1. The quantitative estimate of drug-likeness (QED) is 0.859. The maximum Gasteiger partial charge on any atom is 0.215 e. The van der Waals surface area contributed by atoms with Gasteiger partial charge in [-0.15, -0.1) is 0 Å². The van der Waals surface area contributed by atoms with E-state index >= 15 is 0 Å². The highest BCUT2D eigenvalue weighted by Crippen LogP contribution is 2.33. The van der Waals surface area contributed by atoms with Gasteiger partial charge in [0.05, 0.1) is 5.25 Å². The van der Waals surface area contributed by atoms with E-state index in [2.05, 4.69) is 30.1 Å². The SMILES string of the molecule is Cc1cc2c(cc1F)c([C@@H](C)NS(=O)(=O)C1CC1)cn2CC(C)(C)C. The predicted molar refractivity (Wildman–Crippen MR) is 99.6 cm³/mol. The van der Waals surface area contributed by atoms with Crippen molar-refractivity contribution in [3.63, 3.8) is 0 Å². The summed E-state index contributed by atoms with van der Waals surface area (Å²) in [6, 6.07) is 2.99. The number of aromatic nitrogens is 1. The van der Waals surface area contributed by atoms with E-state index in [1.165, 1.54) is 6.07 Å². The molecule has 0 saturated heterocycles. The molecule has 0 unspecified atom stereocenters. The Morgan fingerprint density at radius 2 is 1.96 bits per heavy atom. The molecule has 1 aromatic heterocycles. The molecule has 25 heavy (non-hydrogen) atoms. The van der Waals surface area contributed by atoms with Crippen LogP contribution in [0, 0.1) is 18.2 Å². The number of nitrogens with zero attached hydrogens (tertiary/aromatic N) is 1. The van der Waals surface area contributed by atoms with E-state index in [1.54, 1.807) is 6.92 Å². The number of benzene rings is 1. The Morgan fingerprint density at radius 3 is 2.52 bits per heavy atom. The van der Waals surface area contributed by atoms with Crippen LogP contribution in [0.2, 0.25) is 0 Å². The summed E-state index contributed by atoms with van der Waals surface area (Å²) in [6.07, 6.45) is 3.41. The largest absolute Gasteiger partial charge is 0.347 e. The number of hydrogen-bond acceptors (Lipinski definition) is 2. The van der Waals surface area contributed by atoms with Crippen molar-refractivity contribution in [1.82, 2.24) is 9.29 Å². The van der Waals surface area contributed by atoms with Crippen molar-refractivity contribution in [3.05, 3.63) is 35.3 Å². The minimum Gasteiger partial charge on any atom is -0.347 e. The third kappa shape index (κ3) is 3.90. The molecule has 1 N–H and O–H groups in total. The normalized spacial score (nSPS) is 17.2. The molecule has 138 valence electrons. The van der Waals surface area contributed by atoms with Crippen LogP contribution in [0.1, 0.15) is 57.7 Å². The molecule has 0 amide bonds. The second kappa shape index (κ2) is 6.09. The van der Waals surface area contributed by atoms with Gasteiger partial charge in [0.25, 0.3) is 0 Å². The van der Waals surface area contributed by atoms with Crippen LogP contribution in [0.5, 0.6) is 0 Å². The van der Waals surface area contributed by atoms with Crippen molar-refractivity contribution >= 4 is 20.9 Å². The molecule has 2 aromatic rings. The number of halogens is 1. The lowest BCUT2D eigenvalue weighted by molar-refractivity contribution is 0.349. The molecule has 1 aliphatic carbocycles. The number of aryl methyl sites for hydroxylation is 1. The Balaban J connectivity index is 2.06. The van der Waals surface area contributed by atoms with Crippen LogP contribution in [0.25, 0.3) is 10.9 Å². The first-order chi connectivity index (χ1) is 11.5. The molecule has 4 nitrogen and oxygen atoms in total. The van der Waals surface area contributed by atoms with Gasteiger partial charge < -0.3 is 4.57 Å². The average Bonchev–Trinajstić information content (AvgIpc) is 3.25.